The monoisotopic (exact) mass is 200 g/mol. The van der Waals surface area contributed by atoms with Crippen molar-refractivity contribution in [3.05, 3.63) is 24.3 Å². The molecule has 0 saturated heterocycles. The molecule has 0 heteroatoms. The molecule has 80 valence electrons. The zero-order valence-corrected chi connectivity index (χ0v) is 9.63. The fraction of sp³-hybridized carbons (Fsp3) is 0.733. The van der Waals surface area contributed by atoms with Crippen LogP contribution in [0.2, 0.25) is 0 Å². The summed E-state index contributed by atoms with van der Waals surface area (Å²) >= 11 is 0. The van der Waals surface area contributed by atoms with Crippen LogP contribution in [0.15, 0.2) is 24.3 Å². The van der Waals surface area contributed by atoms with Crippen molar-refractivity contribution in [3.63, 3.8) is 0 Å². The largest absolute Gasteiger partial charge is 0.0958 e. The first-order valence-corrected chi connectivity index (χ1v) is 6.48. The fourth-order valence-electron chi connectivity index (χ4n) is 5.64. The second-order valence-electron chi connectivity index (χ2n) is 6.97. The first-order chi connectivity index (χ1) is 7.11. The van der Waals surface area contributed by atoms with Crippen LogP contribution in [-0.2, 0) is 0 Å². The van der Waals surface area contributed by atoms with Crippen LogP contribution < -0.4 is 0 Å². The molecule has 0 N–H and O–H groups in total. The Hall–Kier alpha value is -0.520. The number of hydrogen-bond acceptors (Lipinski definition) is 0. The van der Waals surface area contributed by atoms with Gasteiger partial charge >= 0.3 is 0 Å². The van der Waals surface area contributed by atoms with Crippen LogP contribution in [0.1, 0.15) is 39.0 Å². The molecule has 5 atom stereocenters. The quantitative estimate of drug-likeness (QED) is 0.555. The second-order valence-corrected chi connectivity index (χ2v) is 6.97. The number of hydrogen-bond donors (Lipinski definition) is 0. The van der Waals surface area contributed by atoms with Crippen molar-refractivity contribution in [2.75, 3.05) is 0 Å². The van der Waals surface area contributed by atoms with Gasteiger partial charge in [-0.3, -0.25) is 0 Å². The lowest BCUT2D eigenvalue weighted by Gasteiger charge is -2.48. The molecule has 0 aromatic carbocycles. The molecule has 0 aromatic heterocycles. The SMILES string of the molecule is C=C1C=CC23CC4CC(CC4(C)C2)C3C1. The van der Waals surface area contributed by atoms with E-state index in [0.717, 1.165) is 17.8 Å². The molecule has 4 saturated carbocycles. The fourth-order valence-corrected chi connectivity index (χ4v) is 5.64. The van der Waals surface area contributed by atoms with E-state index >= 15 is 0 Å². The van der Waals surface area contributed by atoms with Crippen LogP contribution in [0.5, 0.6) is 0 Å². The summed E-state index contributed by atoms with van der Waals surface area (Å²) < 4.78 is 0. The van der Waals surface area contributed by atoms with Gasteiger partial charge in [0, 0.05) is 0 Å². The lowest BCUT2D eigenvalue weighted by atomic mass is 9.56. The minimum atomic E-state index is 0.613. The summed E-state index contributed by atoms with van der Waals surface area (Å²) in [5, 5.41) is 0. The van der Waals surface area contributed by atoms with Gasteiger partial charge in [0.2, 0.25) is 0 Å². The summed E-state index contributed by atoms with van der Waals surface area (Å²) in [7, 11) is 0. The number of rotatable bonds is 0. The van der Waals surface area contributed by atoms with E-state index in [-0.39, 0.29) is 0 Å². The third-order valence-electron chi connectivity index (χ3n) is 6.10. The Balaban J connectivity index is 1.86. The highest BCUT2D eigenvalue weighted by atomic mass is 14.7. The Labute approximate surface area is 92.4 Å². The molecule has 5 unspecified atom stereocenters. The van der Waals surface area contributed by atoms with Gasteiger partial charge < -0.3 is 0 Å². The molecule has 5 aliphatic carbocycles. The molecule has 5 aliphatic rings. The van der Waals surface area contributed by atoms with Crippen molar-refractivity contribution in [2.24, 2.45) is 28.6 Å². The molecule has 0 heterocycles. The molecule has 15 heavy (non-hydrogen) atoms. The molecular formula is C15H20. The maximum absolute atomic E-state index is 4.17. The summed E-state index contributed by atoms with van der Waals surface area (Å²) in [4.78, 5) is 0. The highest BCUT2D eigenvalue weighted by Gasteiger charge is 2.65. The molecule has 4 fully saturated rings. The minimum absolute atomic E-state index is 0.613. The first kappa shape index (κ1) is 8.61. The van der Waals surface area contributed by atoms with Crippen molar-refractivity contribution < 1.29 is 0 Å². The topological polar surface area (TPSA) is 0 Å². The van der Waals surface area contributed by atoms with Crippen LogP contribution in [0.4, 0.5) is 0 Å². The van der Waals surface area contributed by atoms with Gasteiger partial charge in [0.15, 0.2) is 0 Å². The predicted molar refractivity (Wildman–Crippen MR) is 62.4 cm³/mol. The van der Waals surface area contributed by atoms with Crippen molar-refractivity contribution in [1.29, 1.82) is 0 Å². The molecule has 0 aliphatic heterocycles. The third-order valence-corrected chi connectivity index (χ3v) is 6.10. The summed E-state index contributed by atoms with van der Waals surface area (Å²) in [6.45, 7) is 6.72. The van der Waals surface area contributed by atoms with Gasteiger partial charge in [-0.15, -0.1) is 0 Å². The Morgan fingerprint density at radius 3 is 3.07 bits per heavy atom. The van der Waals surface area contributed by atoms with Gasteiger partial charge in [0.05, 0.1) is 0 Å². The Morgan fingerprint density at radius 2 is 2.27 bits per heavy atom. The molecule has 0 nitrogen and oxygen atoms in total. The zero-order chi connectivity index (χ0) is 10.3. The molecule has 5 rings (SSSR count). The average molecular weight is 200 g/mol. The summed E-state index contributed by atoms with van der Waals surface area (Å²) in [5.41, 5.74) is 2.70. The van der Waals surface area contributed by atoms with Crippen LogP contribution in [0.3, 0.4) is 0 Å². The van der Waals surface area contributed by atoms with E-state index in [0.29, 0.717) is 10.8 Å². The van der Waals surface area contributed by atoms with Crippen LogP contribution >= 0.6 is 0 Å². The summed E-state index contributed by atoms with van der Waals surface area (Å²) in [6.07, 6.45) is 12.2. The van der Waals surface area contributed by atoms with Crippen molar-refractivity contribution in [1.82, 2.24) is 0 Å². The molecule has 0 amide bonds. The Morgan fingerprint density at radius 1 is 1.40 bits per heavy atom. The molecule has 0 aromatic rings. The first-order valence-electron chi connectivity index (χ1n) is 6.48. The van der Waals surface area contributed by atoms with Crippen LogP contribution in [0.25, 0.3) is 0 Å². The van der Waals surface area contributed by atoms with Gasteiger partial charge in [-0.1, -0.05) is 31.2 Å². The van der Waals surface area contributed by atoms with E-state index in [9.17, 15) is 0 Å². The highest BCUT2D eigenvalue weighted by molar-refractivity contribution is 5.31. The highest BCUT2D eigenvalue weighted by Crippen LogP contribution is 2.74. The van der Waals surface area contributed by atoms with Gasteiger partial charge in [0.1, 0.15) is 0 Å². The average Bonchev–Trinajstić information content (AvgIpc) is 2.54. The molecule has 0 radical (unpaired) electrons. The van der Waals surface area contributed by atoms with Crippen LogP contribution in [-0.4, -0.2) is 0 Å². The maximum atomic E-state index is 4.17. The van der Waals surface area contributed by atoms with Crippen molar-refractivity contribution in [3.8, 4) is 0 Å². The van der Waals surface area contributed by atoms with Gasteiger partial charge in [-0.2, -0.15) is 0 Å². The normalized spacial score (nSPS) is 60.1. The summed E-state index contributed by atoms with van der Waals surface area (Å²) in [6, 6.07) is 0. The van der Waals surface area contributed by atoms with Crippen LogP contribution in [0, 0.1) is 28.6 Å². The van der Waals surface area contributed by atoms with E-state index in [4.69, 9.17) is 0 Å². The Kier molecular flexibility index (Phi) is 1.30. The summed E-state index contributed by atoms with van der Waals surface area (Å²) in [5.74, 6) is 3.04. The molecular weight excluding hydrogens is 180 g/mol. The lowest BCUT2D eigenvalue weighted by Crippen LogP contribution is -2.39. The maximum Gasteiger partial charge on any atom is -0.00729 e. The predicted octanol–water partition coefficient (Wildman–Crippen LogP) is 3.95. The standard InChI is InChI=1S/C15H20/c1-10-3-4-15-8-12-6-11(13(15)5-10)7-14(12,2)9-15/h3-4,11-13H,1,5-9H2,2H3. The molecule has 1 spiro atoms. The molecule has 4 bridgehead atoms. The number of allylic oxidation sites excluding steroid dienone is 3. The van der Waals surface area contributed by atoms with E-state index in [2.05, 4.69) is 25.7 Å². The van der Waals surface area contributed by atoms with E-state index < -0.39 is 0 Å². The van der Waals surface area contributed by atoms with E-state index in [1.165, 1.54) is 37.7 Å². The van der Waals surface area contributed by atoms with E-state index in [1.807, 2.05) is 0 Å². The minimum Gasteiger partial charge on any atom is -0.0958 e. The van der Waals surface area contributed by atoms with Crippen molar-refractivity contribution in [2.45, 2.75) is 39.0 Å². The lowest BCUT2D eigenvalue weighted by molar-refractivity contribution is 0.0694. The van der Waals surface area contributed by atoms with Gasteiger partial charge in [0.25, 0.3) is 0 Å². The smallest absolute Gasteiger partial charge is 0.00729 e. The Bertz CT molecular complexity index is 377. The third kappa shape index (κ3) is 0.859. The van der Waals surface area contributed by atoms with E-state index in [1.54, 1.807) is 0 Å². The zero-order valence-electron chi connectivity index (χ0n) is 9.63. The van der Waals surface area contributed by atoms with Crippen molar-refractivity contribution >= 4 is 0 Å². The second kappa shape index (κ2) is 2.26. The van der Waals surface area contributed by atoms with Gasteiger partial charge in [-0.25, -0.2) is 0 Å². The van der Waals surface area contributed by atoms with Gasteiger partial charge in [-0.05, 0) is 60.7 Å².